The fourth-order valence-corrected chi connectivity index (χ4v) is 1.98. The van der Waals surface area contributed by atoms with Crippen LogP contribution in [0.15, 0.2) is 46.4 Å². The Morgan fingerprint density at radius 1 is 1.13 bits per heavy atom. The van der Waals surface area contributed by atoms with Gasteiger partial charge >= 0.3 is 0 Å². The molecular weight excluding hydrogens is 292 g/mol. The quantitative estimate of drug-likeness (QED) is 0.494. The molecule has 0 saturated heterocycles. The van der Waals surface area contributed by atoms with Gasteiger partial charge in [-0.15, -0.1) is 0 Å². The van der Waals surface area contributed by atoms with E-state index in [1.54, 1.807) is 50.5 Å². The number of hydrogen-bond acceptors (Lipinski definition) is 4. The molecule has 0 atom stereocenters. The van der Waals surface area contributed by atoms with Crippen LogP contribution in [0.4, 0.5) is 0 Å². The van der Waals surface area contributed by atoms with E-state index in [0.29, 0.717) is 17.1 Å². The number of carbonyl (C=O) groups is 2. The van der Waals surface area contributed by atoms with Crippen LogP contribution in [-0.2, 0) is 4.79 Å². The van der Waals surface area contributed by atoms with Crippen molar-refractivity contribution in [3.63, 3.8) is 0 Å². The maximum absolute atomic E-state index is 11.8. The van der Waals surface area contributed by atoms with E-state index in [1.165, 1.54) is 17.9 Å². The van der Waals surface area contributed by atoms with Crippen molar-refractivity contribution in [3.05, 3.63) is 53.3 Å². The van der Waals surface area contributed by atoms with Crippen LogP contribution in [0.3, 0.4) is 0 Å². The van der Waals surface area contributed by atoms with Gasteiger partial charge in [-0.2, -0.15) is 5.26 Å². The number of hydrogen-bond donors (Lipinski definition) is 0. The van der Waals surface area contributed by atoms with E-state index < -0.39 is 0 Å². The number of benzene rings is 1. The van der Waals surface area contributed by atoms with Crippen molar-refractivity contribution in [3.8, 4) is 17.4 Å². The molecule has 0 aliphatic carbocycles. The number of ketones is 1. The van der Waals surface area contributed by atoms with Gasteiger partial charge in [0.15, 0.2) is 5.78 Å². The Balaban J connectivity index is 2.28. The average Bonchev–Trinajstić information content (AvgIpc) is 3.00. The molecule has 1 amide bonds. The van der Waals surface area contributed by atoms with Crippen LogP contribution in [0.5, 0.6) is 0 Å². The smallest absolute Gasteiger partial charge is 0.264 e. The molecule has 2 rings (SSSR count). The highest BCUT2D eigenvalue weighted by molar-refractivity contribution is 6.01. The second-order valence-corrected chi connectivity index (χ2v) is 5.20. The zero-order valence-electron chi connectivity index (χ0n) is 13.2. The van der Waals surface area contributed by atoms with Crippen molar-refractivity contribution in [1.29, 1.82) is 5.26 Å². The highest BCUT2D eigenvalue weighted by Gasteiger charge is 2.12. The SMILES string of the molecule is CC(=O)c1ccc(-c2ccc(C=C(C#N)C(=O)N(C)C)o2)cc1. The molecule has 1 aromatic heterocycles. The molecule has 5 nitrogen and oxygen atoms in total. The first kappa shape index (κ1) is 16.2. The summed E-state index contributed by atoms with van der Waals surface area (Å²) in [6.45, 7) is 1.51. The third-order valence-corrected chi connectivity index (χ3v) is 3.25. The number of rotatable bonds is 4. The Bertz CT molecular complexity index is 806. The van der Waals surface area contributed by atoms with Crippen molar-refractivity contribution < 1.29 is 14.0 Å². The van der Waals surface area contributed by atoms with Gasteiger partial charge in [-0.1, -0.05) is 24.3 Å². The topological polar surface area (TPSA) is 74.3 Å². The molecule has 0 saturated carbocycles. The highest BCUT2D eigenvalue weighted by atomic mass is 16.3. The Morgan fingerprint density at radius 3 is 2.30 bits per heavy atom. The van der Waals surface area contributed by atoms with Crippen LogP contribution in [0.25, 0.3) is 17.4 Å². The zero-order valence-corrected chi connectivity index (χ0v) is 13.2. The van der Waals surface area contributed by atoms with Crippen molar-refractivity contribution in [1.82, 2.24) is 4.90 Å². The fourth-order valence-electron chi connectivity index (χ4n) is 1.98. The Kier molecular flexibility index (Phi) is 4.77. The summed E-state index contributed by atoms with van der Waals surface area (Å²) in [5.74, 6) is 0.639. The maximum atomic E-state index is 11.8. The number of likely N-dealkylation sites (N-methyl/N-ethyl adjacent to an activating group) is 1. The lowest BCUT2D eigenvalue weighted by atomic mass is 10.1. The molecule has 0 bridgehead atoms. The number of carbonyl (C=O) groups excluding carboxylic acids is 2. The van der Waals surface area contributed by atoms with Gasteiger partial charge in [0, 0.05) is 31.3 Å². The molecule has 116 valence electrons. The van der Waals surface area contributed by atoms with E-state index in [9.17, 15) is 9.59 Å². The number of furan rings is 1. The average molecular weight is 308 g/mol. The molecule has 5 heteroatoms. The molecule has 0 fully saturated rings. The number of nitriles is 1. The van der Waals surface area contributed by atoms with Crippen LogP contribution in [-0.4, -0.2) is 30.7 Å². The van der Waals surface area contributed by atoms with E-state index in [0.717, 1.165) is 5.56 Å². The lowest BCUT2D eigenvalue weighted by Gasteiger charge is -2.07. The van der Waals surface area contributed by atoms with Crippen molar-refractivity contribution in [2.24, 2.45) is 0 Å². The van der Waals surface area contributed by atoms with E-state index in [1.807, 2.05) is 6.07 Å². The molecule has 0 N–H and O–H groups in total. The highest BCUT2D eigenvalue weighted by Crippen LogP contribution is 2.24. The number of amides is 1. The lowest BCUT2D eigenvalue weighted by Crippen LogP contribution is -2.22. The van der Waals surface area contributed by atoms with E-state index >= 15 is 0 Å². The van der Waals surface area contributed by atoms with Crippen molar-refractivity contribution >= 4 is 17.8 Å². The van der Waals surface area contributed by atoms with Crippen LogP contribution >= 0.6 is 0 Å². The fraction of sp³-hybridized carbons (Fsp3) is 0.167. The van der Waals surface area contributed by atoms with Crippen LogP contribution in [0, 0.1) is 11.3 Å². The summed E-state index contributed by atoms with van der Waals surface area (Å²) in [7, 11) is 3.16. The lowest BCUT2D eigenvalue weighted by molar-refractivity contribution is -0.124. The number of Topliss-reactive ketones (excluding diaryl/α,β-unsaturated/α-hetero) is 1. The summed E-state index contributed by atoms with van der Waals surface area (Å²) >= 11 is 0. The molecule has 1 aromatic carbocycles. The summed E-state index contributed by atoms with van der Waals surface area (Å²) in [4.78, 5) is 24.4. The first-order valence-electron chi connectivity index (χ1n) is 6.97. The van der Waals surface area contributed by atoms with Gasteiger partial charge in [0.1, 0.15) is 23.2 Å². The largest absolute Gasteiger partial charge is 0.457 e. The second-order valence-electron chi connectivity index (χ2n) is 5.20. The van der Waals surface area contributed by atoms with Gasteiger partial charge < -0.3 is 9.32 Å². The van der Waals surface area contributed by atoms with Crippen LogP contribution in [0.1, 0.15) is 23.0 Å². The predicted molar refractivity (Wildman–Crippen MR) is 86.4 cm³/mol. The molecular formula is C18H16N2O3. The van der Waals surface area contributed by atoms with Crippen LogP contribution < -0.4 is 0 Å². The maximum Gasteiger partial charge on any atom is 0.264 e. The standard InChI is InChI=1S/C18H16N2O3/c1-12(21)13-4-6-14(7-5-13)17-9-8-16(23-17)10-15(11-19)18(22)20(2)3/h4-10H,1-3H3. The summed E-state index contributed by atoms with van der Waals surface area (Å²) in [5, 5.41) is 9.07. The predicted octanol–water partition coefficient (Wildman–Crippen LogP) is 3.14. The summed E-state index contributed by atoms with van der Waals surface area (Å²) in [6, 6.07) is 12.4. The van der Waals surface area contributed by atoms with Crippen molar-refractivity contribution in [2.45, 2.75) is 6.92 Å². The van der Waals surface area contributed by atoms with Gasteiger partial charge in [-0.05, 0) is 19.1 Å². The van der Waals surface area contributed by atoms with Gasteiger partial charge in [-0.3, -0.25) is 9.59 Å². The van der Waals surface area contributed by atoms with Gasteiger partial charge in [0.2, 0.25) is 0 Å². The van der Waals surface area contributed by atoms with Gasteiger partial charge in [0.05, 0.1) is 0 Å². The molecule has 0 aliphatic heterocycles. The second kappa shape index (κ2) is 6.75. The van der Waals surface area contributed by atoms with Gasteiger partial charge in [0.25, 0.3) is 5.91 Å². The molecule has 1 heterocycles. The molecule has 23 heavy (non-hydrogen) atoms. The molecule has 0 radical (unpaired) electrons. The summed E-state index contributed by atoms with van der Waals surface area (Å²) < 4.78 is 5.65. The summed E-state index contributed by atoms with van der Waals surface area (Å²) in [6.07, 6.45) is 1.41. The summed E-state index contributed by atoms with van der Waals surface area (Å²) in [5.41, 5.74) is 1.44. The first-order chi connectivity index (χ1) is 10.9. The van der Waals surface area contributed by atoms with Crippen LogP contribution in [0.2, 0.25) is 0 Å². The first-order valence-corrected chi connectivity index (χ1v) is 6.97. The van der Waals surface area contributed by atoms with Gasteiger partial charge in [-0.25, -0.2) is 0 Å². The zero-order chi connectivity index (χ0) is 17.0. The third-order valence-electron chi connectivity index (χ3n) is 3.25. The minimum Gasteiger partial charge on any atom is -0.457 e. The molecule has 0 spiro atoms. The molecule has 0 aliphatic rings. The minimum atomic E-state index is -0.378. The normalized spacial score (nSPS) is 11.0. The number of nitrogens with zero attached hydrogens (tertiary/aromatic N) is 2. The minimum absolute atomic E-state index is 0.000442. The Morgan fingerprint density at radius 2 is 1.78 bits per heavy atom. The molecule has 2 aromatic rings. The Hall–Kier alpha value is -3.13. The van der Waals surface area contributed by atoms with E-state index in [4.69, 9.17) is 9.68 Å². The third kappa shape index (κ3) is 3.74. The van der Waals surface area contributed by atoms with E-state index in [-0.39, 0.29) is 17.3 Å². The van der Waals surface area contributed by atoms with E-state index in [2.05, 4.69) is 0 Å². The Labute approximate surface area is 134 Å². The van der Waals surface area contributed by atoms with Crippen molar-refractivity contribution in [2.75, 3.05) is 14.1 Å². The molecule has 0 unspecified atom stereocenters. The monoisotopic (exact) mass is 308 g/mol.